The molecule has 0 heterocycles. The second-order valence-corrected chi connectivity index (χ2v) is 3.58. The van der Waals surface area contributed by atoms with Gasteiger partial charge in [0.1, 0.15) is 0 Å². The average molecular weight is 219 g/mol. The zero-order chi connectivity index (χ0) is 12.0. The maximum absolute atomic E-state index is 10.7. The van der Waals surface area contributed by atoms with Crippen LogP contribution in [-0.4, -0.2) is 17.6 Å². The monoisotopic (exact) mass is 219 g/mol. The standard InChI is InChI=1S/C13H17NO2/c1-3-11(13(15)16)8-9-14-12-7-5-4-6-10(12)2/h4-8,14H,3,9H2,1-2H3,(H,15,16)/b11-8-. The van der Waals surface area contributed by atoms with Crippen molar-refractivity contribution in [2.75, 3.05) is 11.9 Å². The summed E-state index contributed by atoms with van der Waals surface area (Å²) in [6.45, 7) is 4.40. The van der Waals surface area contributed by atoms with Crippen LogP contribution < -0.4 is 5.32 Å². The Morgan fingerprint density at radius 1 is 1.44 bits per heavy atom. The summed E-state index contributed by atoms with van der Waals surface area (Å²) < 4.78 is 0. The van der Waals surface area contributed by atoms with E-state index in [4.69, 9.17) is 5.11 Å². The van der Waals surface area contributed by atoms with Crippen LogP contribution >= 0.6 is 0 Å². The number of nitrogens with one attached hydrogen (secondary N) is 1. The average Bonchev–Trinajstić information content (AvgIpc) is 2.26. The van der Waals surface area contributed by atoms with Crippen molar-refractivity contribution >= 4 is 11.7 Å². The molecule has 0 aliphatic heterocycles. The number of hydrogen-bond acceptors (Lipinski definition) is 2. The predicted octanol–water partition coefficient (Wildman–Crippen LogP) is 2.83. The van der Waals surface area contributed by atoms with Crippen LogP contribution in [0.3, 0.4) is 0 Å². The van der Waals surface area contributed by atoms with E-state index in [1.165, 1.54) is 0 Å². The Labute approximate surface area is 95.8 Å². The molecule has 3 heteroatoms. The fourth-order valence-electron chi connectivity index (χ4n) is 1.44. The number of benzene rings is 1. The molecule has 0 amide bonds. The molecule has 16 heavy (non-hydrogen) atoms. The van der Waals surface area contributed by atoms with Crippen LogP contribution in [0, 0.1) is 6.92 Å². The minimum Gasteiger partial charge on any atom is -0.478 e. The minimum atomic E-state index is -0.839. The number of carboxylic acid groups (broad SMARTS) is 1. The van der Waals surface area contributed by atoms with Gasteiger partial charge in [-0.1, -0.05) is 31.2 Å². The van der Waals surface area contributed by atoms with E-state index >= 15 is 0 Å². The zero-order valence-corrected chi connectivity index (χ0v) is 9.66. The maximum Gasteiger partial charge on any atom is 0.331 e. The van der Waals surface area contributed by atoms with Gasteiger partial charge in [0.25, 0.3) is 0 Å². The second kappa shape index (κ2) is 5.95. The molecule has 0 bridgehead atoms. The summed E-state index contributed by atoms with van der Waals surface area (Å²) in [5.41, 5.74) is 2.64. The molecule has 0 aliphatic rings. The number of aryl methyl sites for hydroxylation is 1. The molecule has 0 unspecified atom stereocenters. The topological polar surface area (TPSA) is 49.3 Å². The van der Waals surface area contributed by atoms with Gasteiger partial charge in [0.15, 0.2) is 0 Å². The summed E-state index contributed by atoms with van der Waals surface area (Å²) in [6, 6.07) is 7.93. The molecular formula is C13H17NO2. The molecule has 0 atom stereocenters. The van der Waals surface area contributed by atoms with E-state index in [1.807, 2.05) is 38.1 Å². The number of hydrogen-bond donors (Lipinski definition) is 2. The van der Waals surface area contributed by atoms with Gasteiger partial charge in [0.05, 0.1) is 0 Å². The molecule has 0 saturated heterocycles. The normalized spacial score (nSPS) is 11.2. The van der Waals surface area contributed by atoms with Gasteiger partial charge in [-0.2, -0.15) is 0 Å². The van der Waals surface area contributed by atoms with Gasteiger partial charge >= 0.3 is 5.97 Å². The highest BCUT2D eigenvalue weighted by atomic mass is 16.4. The van der Waals surface area contributed by atoms with Crippen LogP contribution in [0.2, 0.25) is 0 Å². The highest BCUT2D eigenvalue weighted by Gasteiger charge is 2.02. The van der Waals surface area contributed by atoms with E-state index in [0.29, 0.717) is 18.5 Å². The van der Waals surface area contributed by atoms with Gasteiger partial charge in [-0.3, -0.25) is 0 Å². The van der Waals surface area contributed by atoms with Gasteiger partial charge < -0.3 is 10.4 Å². The van der Waals surface area contributed by atoms with Crippen LogP contribution in [-0.2, 0) is 4.79 Å². The number of para-hydroxylation sites is 1. The molecule has 0 aromatic heterocycles. The number of rotatable bonds is 5. The number of anilines is 1. The van der Waals surface area contributed by atoms with E-state index in [0.717, 1.165) is 11.3 Å². The van der Waals surface area contributed by atoms with Crippen molar-refractivity contribution in [2.45, 2.75) is 20.3 Å². The van der Waals surface area contributed by atoms with Crippen molar-refractivity contribution in [2.24, 2.45) is 0 Å². The van der Waals surface area contributed by atoms with Crippen LogP contribution in [0.15, 0.2) is 35.9 Å². The Hall–Kier alpha value is -1.77. The van der Waals surface area contributed by atoms with Gasteiger partial charge in [-0.05, 0) is 25.0 Å². The van der Waals surface area contributed by atoms with E-state index in [1.54, 1.807) is 6.08 Å². The highest BCUT2D eigenvalue weighted by Crippen LogP contribution is 2.12. The smallest absolute Gasteiger partial charge is 0.331 e. The quantitative estimate of drug-likeness (QED) is 0.749. The summed E-state index contributed by atoms with van der Waals surface area (Å²) in [5, 5.41) is 12.0. The van der Waals surface area contributed by atoms with Crippen LogP contribution in [0.4, 0.5) is 5.69 Å². The summed E-state index contributed by atoms with van der Waals surface area (Å²) in [6.07, 6.45) is 2.26. The van der Waals surface area contributed by atoms with Gasteiger partial charge in [0, 0.05) is 17.8 Å². The zero-order valence-electron chi connectivity index (χ0n) is 9.66. The number of carboxylic acids is 1. The predicted molar refractivity (Wildman–Crippen MR) is 65.7 cm³/mol. The van der Waals surface area contributed by atoms with Crippen molar-refractivity contribution in [1.29, 1.82) is 0 Å². The third kappa shape index (κ3) is 3.42. The first kappa shape index (κ1) is 12.3. The first-order valence-corrected chi connectivity index (χ1v) is 5.37. The van der Waals surface area contributed by atoms with E-state index in [9.17, 15) is 4.79 Å². The lowest BCUT2D eigenvalue weighted by atomic mass is 10.2. The molecular weight excluding hydrogens is 202 g/mol. The molecule has 3 nitrogen and oxygen atoms in total. The number of carbonyl (C=O) groups is 1. The molecule has 2 N–H and O–H groups in total. The van der Waals surface area contributed by atoms with Gasteiger partial charge in [-0.15, -0.1) is 0 Å². The molecule has 0 saturated carbocycles. The second-order valence-electron chi connectivity index (χ2n) is 3.58. The van der Waals surface area contributed by atoms with Crippen molar-refractivity contribution in [1.82, 2.24) is 0 Å². The lowest BCUT2D eigenvalue weighted by molar-refractivity contribution is -0.132. The SMILES string of the molecule is CC/C(=C/CNc1ccccc1C)C(=O)O. The van der Waals surface area contributed by atoms with Gasteiger partial charge in [0.2, 0.25) is 0 Å². The Morgan fingerprint density at radius 2 is 2.12 bits per heavy atom. The molecule has 0 fully saturated rings. The third-order valence-corrected chi connectivity index (χ3v) is 2.44. The Balaban J connectivity index is 2.59. The minimum absolute atomic E-state index is 0.445. The lowest BCUT2D eigenvalue weighted by Gasteiger charge is -2.07. The van der Waals surface area contributed by atoms with Gasteiger partial charge in [-0.25, -0.2) is 4.79 Å². The molecule has 86 valence electrons. The molecule has 1 rings (SSSR count). The first-order valence-electron chi connectivity index (χ1n) is 5.37. The summed E-state index contributed by atoms with van der Waals surface area (Å²) >= 11 is 0. The van der Waals surface area contributed by atoms with E-state index in [2.05, 4.69) is 5.32 Å². The van der Waals surface area contributed by atoms with E-state index in [-0.39, 0.29) is 0 Å². The van der Waals surface area contributed by atoms with Crippen LogP contribution in [0.5, 0.6) is 0 Å². The van der Waals surface area contributed by atoms with Crippen molar-refractivity contribution in [3.8, 4) is 0 Å². The Morgan fingerprint density at radius 3 is 2.69 bits per heavy atom. The lowest BCUT2D eigenvalue weighted by Crippen LogP contribution is -2.05. The van der Waals surface area contributed by atoms with Crippen molar-refractivity contribution in [3.63, 3.8) is 0 Å². The van der Waals surface area contributed by atoms with Crippen molar-refractivity contribution in [3.05, 3.63) is 41.5 Å². The summed E-state index contributed by atoms with van der Waals surface area (Å²) in [7, 11) is 0. The fourth-order valence-corrected chi connectivity index (χ4v) is 1.44. The highest BCUT2D eigenvalue weighted by molar-refractivity contribution is 5.86. The first-order chi connectivity index (χ1) is 7.65. The summed E-state index contributed by atoms with van der Waals surface area (Å²) in [5.74, 6) is -0.839. The largest absolute Gasteiger partial charge is 0.478 e. The third-order valence-electron chi connectivity index (χ3n) is 2.44. The van der Waals surface area contributed by atoms with E-state index < -0.39 is 5.97 Å². The number of aliphatic carboxylic acids is 1. The Kier molecular flexibility index (Phi) is 4.58. The molecule has 0 radical (unpaired) electrons. The molecule has 0 aliphatic carbocycles. The Bertz CT molecular complexity index is 397. The van der Waals surface area contributed by atoms with Crippen LogP contribution in [0.1, 0.15) is 18.9 Å². The van der Waals surface area contributed by atoms with Crippen LogP contribution in [0.25, 0.3) is 0 Å². The maximum atomic E-state index is 10.7. The molecule has 0 spiro atoms. The fraction of sp³-hybridized carbons (Fsp3) is 0.308. The molecule has 1 aromatic carbocycles. The van der Waals surface area contributed by atoms with Crippen molar-refractivity contribution < 1.29 is 9.90 Å². The molecule has 1 aromatic rings. The summed E-state index contributed by atoms with van der Waals surface area (Å²) in [4.78, 5) is 10.7.